The minimum absolute atomic E-state index is 0.358. The maximum Gasteiger partial charge on any atom is 0.0552 e. The number of hydrogen-bond donors (Lipinski definition) is 1. The van der Waals surface area contributed by atoms with Gasteiger partial charge in [-0.1, -0.05) is 97.1 Å². The van der Waals surface area contributed by atoms with Crippen molar-refractivity contribution in [3.63, 3.8) is 0 Å². The van der Waals surface area contributed by atoms with Gasteiger partial charge in [0, 0.05) is 19.6 Å². The molecule has 1 unspecified atom stereocenters. The molecule has 1 N–H and O–H groups in total. The Morgan fingerprint density at radius 3 is 1.71 bits per heavy atom. The lowest BCUT2D eigenvalue weighted by Gasteiger charge is -2.22. The highest BCUT2D eigenvalue weighted by atomic mass is 16.3. The molecule has 0 saturated heterocycles. The van der Waals surface area contributed by atoms with Crippen molar-refractivity contribution >= 4 is 5.57 Å². The SMILES string of the molecule is CC(O)C/C(=C\CN(Cc1ccccc1)Cc1ccccc1)c1ccccc1. The Kier molecular flexibility index (Phi) is 7.60. The van der Waals surface area contributed by atoms with Crippen molar-refractivity contribution in [3.05, 3.63) is 114 Å². The Hall–Kier alpha value is -2.68. The highest BCUT2D eigenvalue weighted by molar-refractivity contribution is 5.66. The summed E-state index contributed by atoms with van der Waals surface area (Å²) in [5, 5.41) is 9.97. The maximum atomic E-state index is 9.97. The van der Waals surface area contributed by atoms with E-state index in [0.29, 0.717) is 6.42 Å². The van der Waals surface area contributed by atoms with Gasteiger partial charge in [-0.05, 0) is 35.6 Å². The summed E-state index contributed by atoms with van der Waals surface area (Å²) in [5.74, 6) is 0. The molecule has 2 heteroatoms. The van der Waals surface area contributed by atoms with Crippen LogP contribution in [-0.2, 0) is 13.1 Å². The van der Waals surface area contributed by atoms with Crippen LogP contribution in [-0.4, -0.2) is 22.7 Å². The lowest BCUT2D eigenvalue weighted by molar-refractivity contribution is 0.200. The topological polar surface area (TPSA) is 23.5 Å². The summed E-state index contributed by atoms with van der Waals surface area (Å²) >= 11 is 0. The van der Waals surface area contributed by atoms with Crippen molar-refractivity contribution in [1.82, 2.24) is 4.90 Å². The van der Waals surface area contributed by atoms with Gasteiger partial charge < -0.3 is 5.11 Å². The molecule has 0 amide bonds. The minimum Gasteiger partial charge on any atom is -0.393 e. The molecule has 28 heavy (non-hydrogen) atoms. The van der Waals surface area contributed by atoms with Gasteiger partial charge in [0.1, 0.15) is 0 Å². The molecule has 0 aromatic heterocycles. The third kappa shape index (κ3) is 6.49. The first kappa shape index (κ1) is 20.1. The van der Waals surface area contributed by atoms with Gasteiger partial charge in [-0.3, -0.25) is 4.90 Å². The minimum atomic E-state index is -0.358. The van der Waals surface area contributed by atoms with Crippen molar-refractivity contribution in [2.24, 2.45) is 0 Å². The standard InChI is InChI=1S/C26H29NO/c1-22(28)19-26(25-15-9-4-10-16-25)17-18-27(20-23-11-5-2-6-12-23)21-24-13-7-3-8-14-24/h2-17,22,28H,18-21H2,1H3/b26-17+. The first-order valence-electron chi connectivity index (χ1n) is 9.93. The zero-order valence-electron chi connectivity index (χ0n) is 16.5. The summed E-state index contributed by atoms with van der Waals surface area (Å²) in [6.07, 6.45) is 2.57. The van der Waals surface area contributed by atoms with E-state index in [0.717, 1.165) is 19.6 Å². The highest BCUT2D eigenvalue weighted by Gasteiger charge is 2.09. The first-order valence-corrected chi connectivity index (χ1v) is 9.93. The van der Waals surface area contributed by atoms with Gasteiger partial charge in [0.15, 0.2) is 0 Å². The fraction of sp³-hybridized carbons (Fsp3) is 0.231. The molecule has 144 valence electrons. The fourth-order valence-electron chi connectivity index (χ4n) is 3.40. The second-order valence-electron chi connectivity index (χ2n) is 7.29. The number of benzene rings is 3. The molecule has 3 aromatic carbocycles. The van der Waals surface area contributed by atoms with Crippen LogP contribution < -0.4 is 0 Å². The van der Waals surface area contributed by atoms with Crippen molar-refractivity contribution in [1.29, 1.82) is 0 Å². The van der Waals surface area contributed by atoms with Gasteiger partial charge >= 0.3 is 0 Å². The largest absolute Gasteiger partial charge is 0.393 e. The van der Waals surface area contributed by atoms with E-state index in [-0.39, 0.29) is 6.10 Å². The number of aliphatic hydroxyl groups excluding tert-OH is 1. The van der Waals surface area contributed by atoms with E-state index >= 15 is 0 Å². The predicted octanol–water partition coefficient (Wildman–Crippen LogP) is 5.54. The molecule has 0 fully saturated rings. The van der Waals surface area contributed by atoms with E-state index in [2.05, 4.69) is 95.9 Å². The Morgan fingerprint density at radius 1 is 0.786 bits per heavy atom. The zero-order valence-corrected chi connectivity index (χ0v) is 16.5. The molecule has 2 nitrogen and oxygen atoms in total. The second-order valence-corrected chi connectivity index (χ2v) is 7.29. The van der Waals surface area contributed by atoms with Gasteiger partial charge in [0.25, 0.3) is 0 Å². The lowest BCUT2D eigenvalue weighted by atomic mass is 9.99. The van der Waals surface area contributed by atoms with Crippen molar-refractivity contribution < 1.29 is 5.11 Å². The molecule has 0 heterocycles. The van der Waals surface area contributed by atoms with Crippen LogP contribution in [0.4, 0.5) is 0 Å². The second kappa shape index (κ2) is 10.6. The first-order chi connectivity index (χ1) is 13.7. The van der Waals surface area contributed by atoms with E-state index in [1.165, 1.54) is 22.3 Å². The molecule has 0 aliphatic heterocycles. The summed E-state index contributed by atoms with van der Waals surface area (Å²) in [6, 6.07) is 31.6. The van der Waals surface area contributed by atoms with Crippen LogP contribution >= 0.6 is 0 Å². The predicted molar refractivity (Wildman–Crippen MR) is 118 cm³/mol. The van der Waals surface area contributed by atoms with Crippen LogP contribution in [0, 0.1) is 0 Å². The molecule has 0 bridgehead atoms. The Morgan fingerprint density at radius 2 is 1.25 bits per heavy atom. The molecule has 0 saturated carbocycles. The van der Waals surface area contributed by atoms with Crippen LogP contribution in [0.5, 0.6) is 0 Å². The van der Waals surface area contributed by atoms with Crippen molar-refractivity contribution in [3.8, 4) is 0 Å². The van der Waals surface area contributed by atoms with Crippen molar-refractivity contribution in [2.45, 2.75) is 32.5 Å². The summed E-state index contributed by atoms with van der Waals surface area (Å²) in [5.41, 5.74) is 5.00. The Labute approximate surface area is 168 Å². The van der Waals surface area contributed by atoms with Crippen LogP contribution in [0.15, 0.2) is 97.1 Å². The summed E-state index contributed by atoms with van der Waals surface area (Å²) in [6.45, 7) is 4.47. The molecule has 3 aromatic rings. The molecule has 1 atom stereocenters. The highest BCUT2D eigenvalue weighted by Crippen LogP contribution is 2.21. The van der Waals surface area contributed by atoms with Crippen LogP contribution in [0.25, 0.3) is 5.57 Å². The molecule has 0 spiro atoms. The monoisotopic (exact) mass is 371 g/mol. The molecular weight excluding hydrogens is 342 g/mol. The summed E-state index contributed by atoms with van der Waals surface area (Å²) < 4.78 is 0. The lowest BCUT2D eigenvalue weighted by Crippen LogP contribution is -2.23. The number of aliphatic hydroxyl groups is 1. The van der Waals surface area contributed by atoms with Crippen LogP contribution in [0.1, 0.15) is 30.0 Å². The third-order valence-corrected chi connectivity index (χ3v) is 4.75. The van der Waals surface area contributed by atoms with Gasteiger partial charge in [0.05, 0.1) is 6.10 Å². The molecule has 0 aliphatic rings. The van der Waals surface area contributed by atoms with Gasteiger partial charge in [-0.2, -0.15) is 0 Å². The number of nitrogens with zero attached hydrogens (tertiary/aromatic N) is 1. The maximum absolute atomic E-state index is 9.97. The van der Waals surface area contributed by atoms with Gasteiger partial charge in [0.2, 0.25) is 0 Å². The quantitative estimate of drug-likeness (QED) is 0.533. The van der Waals surface area contributed by atoms with E-state index in [4.69, 9.17) is 0 Å². The molecule has 0 radical (unpaired) electrons. The average molecular weight is 372 g/mol. The summed E-state index contributed by atoms with van der Waals surface area (Å²) in [4.78, 5) is 2.44. The van der Waals surface area contributed by atoms with Crippen molar-refractivity contribution in [2.75, 3.05) is 6.54 Å². The van der Waals surface area contributed by atoms with Crippen LogP contribution in [0.3, 0.4) is 0 Å². The zero-order chi connectivity index (χ0) is 19.6. The van der Waals surface area contributed by atoms with Gasteiger partial charge in [-0.25, -0.2) is 0 Å². The smallest absolute Gasteiger partial charge is 0.0552 e. The van der Waals surface area contributed by atoms with E-state index in [1.807, 2.05) is 13.0 Å². The normalized spacial score (nSPS) is 12.9. The third-order valence-electron chi connectivity index (χ3n) is 4.75. The fourth-order valence-corrected chi connectivity index (χ4v) is 3.40. The average Bonchev–Trinajstić information content (AvgIpc) is 2.73. The van der Waals surface area contributed by atoms with Crippen LogP contribution in [0.2, 0.25) is 0 Å². The molecule has 3 rings (SSSR count). The Bertz CT molecular complexity index is 800. The van der Waals surface area contributed by atoms with E-state index in [1.54, 1.807) is 0 Å². The van der Waals surface area contributed by atoms with Gasteiger partial charge in [-0.15, -0.1) is 0 Å². The summed E-state index contributed by atoms with van der Waals surface area (Å²) in [7, 11) is 0. The number of rotatable bonds is 9. The molecule has 0 aliphatic carbocycles. The molecular formula is C26H29NO. The van der Waals surface area contributed by atoms with E-state index < -0.39 is 0 Å². The Balaban J connectivity index is 1.80. The van der Waals surface area contributed by atoms with E-state index in [9.17, 15) is 5.11 Å². The number of hydrogen-bond acceptors (Lipinski definition) is 2.